The molecular formula is C7H14B2O4. The Balaban J connectivity index is 2.67. The summed E-state index contributed by atoms with van der Waals surface area (Å²) in [5.74, 6) is 0.971. The van der Waals surface area contributed by atoms with Crippen molar-refractivity contribution in [3.63, 3.8) is 0 Å². The van der Waals surface area contributed by atoms with E-state index in [9.17, 15) is 0 Å². The highest BCUT2D eigenvalue weighted by molar-refractivity contribution is 6.49. The average Bonchev–Trinajstić information content (AvgIpc) is 2.03. The maximum absolute atomic E-state index is 9.01. The van der Waals surface area contributed by atoms with Gasteiger partial charge in [0.2, 0.25) is 0 Å². The molecule has 1 aliphatic rings. The Bertz CT molecular complexity index is 193. The van der Waals surface area contributed by atoms with Crippen LogP contribution in [0.15, 0.2) is 11.5 Å². The molecule has 0 heterocycles. The van der Waals surface area contributed by atoms with Crippen LogP contribution in [0.3, 0.4) is 0 Å². The van der Waals surface area contributed by atoms with Gasteiger partial charge in [-0.3, -0.25) is 0 Å². The second-order valence-electron chi connectivity index (χ2n) is 3.42. The van der Waals surface area contributed by atoms with Crippen molar-refractivity contribution in [2.75, 3.05) is 0 Å². The fraction of sp³-hybridized carbons (Fsp3) is 0.714. The van der Waals surface area contributed by atoms with Gasteiger partial charge in [-0.05, 0) is 19.3 Å². The summed E-state index contributed by atoms with van der Waals surface area (Å²) in [6, 6.07) is 0. The van der Waals surface area contributed by atoms with Gasteiger partial charge in [0.25, 0.3) is 0 Å². The third-order valence-corrected chi connectivity index (χ3v) is 2.43. The highest BCUT2D eigenvalue weighted by Crippen LogP contribution is 2.34. The maximum Gasteiger partial charge on any atom is 0.480 e. The van der Waals surface area contributed by atoms with Crippen LogP contribution in [0.5, 0.6) is 0 Å². The molecule has 1 saturated carbocycles. The van der Waals surface area contributed by atoms with Crippen molar-refractivity contribution in [1.29, 1.82) is 0 Å². The molecule has 1 atom stereocenters. The van der Waals surface area contributed by atoms with Gasteiger partial charge in [0.15, 0.2) is 0 Å². The monoisotopic (exact) mass is 184 g/mol. The topological polar surface area (TPSA) is 80.9 Å². The zero-order valence-electron chi connectivity index (χ0n) is 7.43. The molecule has 4 N–H and O–H groups in total. The summed E-state index contributed by atoms with van der Waals surface area (Å²) in [5, 5.41) is 35.5. The molecule has 0 aliphatic heterocycles. The number of allylic oxidation sites excluding steroid dienone is 1. The van der Waals surface area contributed by atoms with Gasteiger partial charge in [0.1, 0.15) is 0 Å². The Morgan fingerprint density at radius 3 is 2.38 bits per heavy atom. The average molecular weight is 184 g/mol. The standard InChI is InChI=1S/C7H14B2O4/c10-8(11)5-6-3-1-2-4-7(6)9(12)13/h5,7,10-13H,1-4H2. The molecule has 0 aromatic heterocycles. The molecular weight excluding hydrogens is 170 g/mol. The van der Waals surface area contributed by atoms with Crippen LogP contribution in [-0.4, -0.2) is 34.3 Å². The zero-order chi connectivity index (χ0) is 9.84. The maximum atomic E-state index is 9.01. The van der Waals surface area contributed by atoms with E-state index in [-0.39, 0.29) is 5.82 Å². The molecule has 6 heteroatoms. The smallest absolute Gasteiger partial charge is 0.427 e. The molecule has 0 saturated heterocycles. The van der Waals surface area contributed by atoms with Gasteiger partial charge >= 0.3 is 14.2 Å². The van der Waals surface area contributed by atoms with E-state index in [1.54, 1.807) is 0 Å². The normalized spacial score (nSPS) is 26.2. The molecule has 0 amide bonds. The van der Waals surface area contributed by atoms with Gasteiger partial charge in [-0.2, -0.15) is 0 Å². The fourth-order valence-electron chi connectivity index (χ4n) is 1.80. The van der Waals surface area contributed by atoms with Gasteiger partial charge in [0, 0.05) is 5.82 Å². The van der Waals surface area contributed by atoms with Gasteiger partial charge in [-0.1, -0.05) is 18.0 Å². The lowest BCUT2D eigenvalue weighted by atomic mass is 9.61. The Hall–Kier alpha value is -0.290. The highest BCUT2D eigenvalue weighted by Gasteiger charge is 2.29. The lowest BCUT2D eigenvalue weighted by molar-refractivity contribution is 0.375. The predicted octanol–water partition coefficient (Wildman–Crippen LogP) is -0.658. The first-order valence-electron chi connectivity index (χ1n) is 4.54. The summed E-state index contributed by atoms with van der Waals surface area (Å²) in [6.45, 7) is 0. The molecule has 1 unspecified atom stereocenters. The Labute approximate surface area is 78.2 Å². The van der Waals surface area contributed by atoms with Crippen molar-refractivity contribution >= 4 is 14.2 Å². The van der Waals surface area contributed by atoms with Gasteiger partial charge < -0.3 is 20.1 Å². The summed E-state index contributed by atoms with van der Waals surface area (Å²) < 4.78 is 0. The van der Waals surface area contributed by atoms with Crippen LogP contribution >= 0.6 is 0 Å². The van der Waals surface area contributed by atoms with Crippen LogP contribution in [0.4, 0.5) is 0 Å². The Kier molecular flexibility index (Phi) is 3.99. The first-order chi connectivity index (χ1) is 6.11. The molecule has 1 rings (SSSR count). The van der Waals surface area contributed by atoms with Gasteiger partial charge in [-0.25, -0.2) is 0 Å². The summed E-state index contributed by atoms with van der Waals surface area (Å²) in [5.41, 5.74) is 0.747. The summed E-state index contributed by atoms with van der Waals surface area (Å²) in [4.78, 5) is 0. The van der Waals surface area contributed by atoms with Crippen LogP contribution in [0.1, 0.15) is 25.7 Å². The molecule has 0 aromatic carbocycles. The Morgan fingerprint density at radius 2 is 1.85 bits per heavy atom. The fourth-order valence-corrected chi connectivity index (χ4v) is 1.80. The van der Waals surface area contributed by atoms with E-state index in [4.69, 9.17) is 20.1 Å². The molecule has 13 heavy (non-hydrogen) atoms. The lowest BCUT2D eigenvalue weighted by Crippen LogP contribution is -2.25. The first-order valence-corrected chi connectivity index (χ1v) is 4.54. The van der Waals surface area contributed by atoms with E-state index < -0.39 is 14.2 Å². The summed E-state index contributed by atoms with van der Waals surface area (Å²) >= 11 is 0. The third-order valence-electron chi connectivity index (χ3n) is 2.43. The van der Waals surface area contributed by atoms with Gasteiger partial charge in [-0.15, -0.1) is 0 Å². The minimum absolute atomic E-state index is 0.324. The van der Waals surface area contributed by atoms with Crippen molar-refractivity contribution < 1.29 is 20.1 Å². The molecule has 72 valence electrons. The molecule has 0 spiro atoms. The van der Waals surface area contributed by atoms with Crippen LogP contribution in [0.25, 0.3) is 0 Å². The van der Waals surface area contributed by atoms with E-state index >= 15 is 0 Å². The lowest BCUT2D eigenvalue weighted by Gasteiger charge is -2.24. The second kappa shape index (κ2) is 4.81. The zero-order valence-corrected chi connectivity index (χ0v) is 7.43. The minimum atomic E-state index is -1.49. The van der Waals surface area contributed by atoms with Crippen molar-refractivity contribution in [3.8, 4) is 0 Å². The number of rotatable bonds is 2. The molecule has 4 nitrogen and oxygen atoms in total. The van der Waals surface area contributed by atoms with Crippen molar-refractivity contribution in [2.24, 2.45) is 0 Å². The van der Waals surface area contributed by atoms with E-state index in [0.717, 1.165) is 24.8 Å². The predicted molar refractivity (Wildman–Crippen MR) is 50.7 cm³/mol. The molecule has 0 bridgehead atoms. The van der Waals surface area contributed by atoms with Crippen molar-refractivity contribution in [1.82, 2.24) is 0 Å². The molecule has 1 fully saturated rings. The largest absolute Gasteiger partial charge is 0.480 e. The second-order valence-corrected chi connectivity index (χ2v) is 3.42. The van der Waals surface area contributed by atoms with Crippen LogP contribution in [-0.2, 0) is 0 Å². The number of hydrogen-bond acceptors (Lipinski definition) is 4. The van der Waals surface area contributed by atoms with Crippen LogP contribution < -0.4 is 0 Å². The van der Waals surface area contributed by atoms with Crippen LogP contribution in [0, 0.1) is 0 Å². The van der Waals surface area contributed by atoms with E-state index in [2.05, 4.69) is 0 Å². The quantitative estimate of drug-likeness (QED) is 0.429. The van der Waals surface area contributed by atoms with Crippen LogP contribution in [0.2, 0.25) is 5.82 Å². The molecule has 0 radical (unpaired) electrons. The molecule has 1 aliphatic carbocycles. The van der Waals surface area contributed by atoms with E-state index in [1.165, 1.54) is 5.98 Å². The van der Waals surface area contributed by atoms with Crippen molar-refractivity contribution in [2.45, 2.75) is 31.5 Å². The number of hydrogen-bond donors (Lipinski definition) is 4. The summed E-state index contributed by atoms with van der Waals surface area (Å²) in [6.07, 6.45) is 3.36. The first kappa shape index (κ1) is 10.8. The molecule has 0 aromatic rings. The van der Waals surface area contributed by atoms with Crippen molar-refractivity contribution in [3.05, 3.63) is 11.5 Å². The van der Waals surface area contributed by atoms with E-state index in [1.807, 2.05) is 0 Å². The van der Waals surface area contributed by atoms with Gasteiger partial charge in [0.05, 0.1) is 0 Å². The SMILES string of the molecule is OB(O)C=C1CCCCC1B(O)O. The minimum Gasteiger partial charge on any atom is -0.427 e. The van der Waals surface area contributed by atoms with E-state index in [0.29, 0.717) is 6.42 Å². The highest BCUT2D eigenvalue weighted by atomic mass is 16.4. The Morgan fingerprint density at radius 1 is 1.15 bits per heavy atom. The third kappa shape index (κ3) is 3.15. The summed E-state index contributed by atoms with van der Waals surface area (Å²) in [7, 11) is -2.88.